The lowest BCUT2D eigenvalue weighted by molar-refractivity contribution is 0.412. The molecule has 1 aromatic heterocycles. The zero-order valence-electron chi connectivity index (χ0n) is 13.9. The number of thiazole rings is 1. The topological polar surface area (TPSA) is 16.1 Å². The van der Waals surface area contributed by atoms with Crippen molar-refractivity contribution < 1.29 is 0 Å². The summed E-state index contributed by atoms with van der Waals surface area (Å²) < 4.78 is 0. The van der Waals surface area contributed by atoms with E-state index in [2.05, 4.69) is 62.1 Å². The molecule has 2 nitrogen and oxygen atoms in total. The molecule has 3 rings (SSSR count). The van der Waals surface area contributed by atoms with Gasteiger partial charge in [0.15, 0.2) is 0 Å². The minimum absolute atomic E-state index is 0.388. The van der Waals surface area contributed by atoms with Crippen molar-refractivity contribution in [2.24, 2.45) is 0 Å². The van der Waals surface area contributed by atoms with Gasteiger partial charge in [-0.25, -0.2) is 4.98 Å². The van der Waals surface area contributed by atoms with Gasteiger partial charge < -0.3 is 4.90 Å². The number of rotatable bonds is 5. The molecule has 1 unspecified atom stereocenters. The number of benzene rings is 1. The Bertz CT molecular complexity index is 697. The monoisotopic (exact) mass is 312 g/mol. The summed E-state index contributed by atoms with van der Waals surface area (Å²) in [5.74, 6) is 0.388. The van der Waals surface area contributed by atoms with E-state index in [1.165, 1.54) is 26.6 Å². The second kappa shape index (κ2) is 6.35. The van der Waals surface area contributed by atoms with Gasteiger partial charge in [-0.3, -0.25) is 0 Å². The SMILES string of the molecule is Cc1cnc(C(C)C2=C(CCN(C)C)Cc3ccccc32)s1. The Kier molecular flexibility index (Phi) is 4.46. The Hall–Kier alpha value is -1.45. The van der Waals surface area contributed by atoms with Crippen molar-refractivity contribution in [3.63, 3.8) is 0 Å². The van der Waals surface area contributed by atoms with Crippen LogP contribution in [0.25, 0.3) is 5.57 Å². The molecule has 1 heterocycles. The predicted octanol–water partition coefficient (Wildman–Crippen LogP) is 4.52. The van der Waals surface area contributed by atoms with Crippen molar-refractivity contribution in [1.29, 1.82) is 0 Å². The second-order valence-electron chi connectivity index (χ2n) is 6.44. The molecule has 0 saturated heterocycles. The Morgan fingerprint density at radius 1 is 1.27 bits per heavy atom. The van der Waals surface area contributed by atoms with Crippen LogP contribution in [0.5, 0.6) is 0 Å². The summed E-state index contributed by atoms with van der Waals surface area (Å²) in [6.45, 7) is 5.56. The third-order valence-electron chi connectivity index (χ3n) is 4.40. The lowest BCUT2D eigenvalue weighted by Crippen LogP contribution is -2.14. The van der Waals surface area contributed by atoms with Gasteiger partial charge in [-0.2, -0.15) is 0 Å². The van der Waals surface area contributed by atoms with Crippen LogP contribution in [0.1, 0.15) is 40.3 Å². The molecule has 22 heavy (non-hydrogen) atoms. The van der Waals surface area contributed by atoms with Crippen molar-refractivity contribution in [3.05, 3.63) is 57.0 Å². The molecule has 1 atom stereocenters. The Morgan fingerprint density at radius 3 is 2.73 bits per heavy atom. The van der Waals surface area contributed by atoms with Crippen LogP contribution in [-0.4, -0.2) is 30.5 Å². The fourth-order valence-corrected chi connectivity index (χ4v) is 4.11. The molecule has 0 spiro atoms. The third-order valence-corrected chi connectivity index (χ3v) is 5.49. The van der Waals surface area contributed by atoms with Crippen LogP contribution in [-0.2, 0) is 6.42 Å². The summed E-state index contributed by atoms with van der Waals surface area (Å²) in [6, 6.07) is 8.87. The number of fused-ring (bicyclic) bond motifs is 1. The van der Waals surface area contributed by atoms with Crippen LogP contribution < -0.4 is 0 Å². The van der Waals surface area contributed by atoms with Crippen LogP contribution in [0.4, 0.5) is 0 Å². The highest BCUT2D eigenvalue weighted by molar-refractivity contribution is 7.11. The van der Waals surface area contributed by atoms with E-state index in [9.17, 15) is 0 Å². The predicted molar refractivity (Wildman–Crippen MR) is 95.5 cm³/mol. The summed E-state index contributed by atoms with van der Waals surface area (Å²) in [5, 5.41) is 1.24. The van der Waals surface area contributed by atoms with Crippen molar-refractivity contribution in [3.8, 4) is 0 Å². The lowest BCUT2D eigenvalue weighted by atomic mass is 9.93. The Morgan fingerprint density at radius 2 is 2.05 bits per heavy atom. The summed E-state index contributed by atoms with van der Waals surface area (Å²) in [4.78, 5) is 8.20. The highest BCUT2D eigenvalue weighted by atomic mass is 32.1. The van der Waals surface area contributed by atoms with Crippen LogP contribution in [0.2, 0.25) is 0 Å². The maximum atomic E-state index is 4.64. The quantitative estimate of drug-likeness (QED) is 0.807. The van der Waals surface area contributed by atoms with E-state index in [0.717, 1.165) is 19.4 Å². The van der Waals surface area contributed by atoms with E-state index in [0.29, 0.717) is 5.92 Å². The van der Waals surface area contributed by atoms with Crippen LogP contribution in [0.3, 0.4) is 0 Å². The molecule has 0 bridgehead atoms. The number of hydrogen-bond donors (Lipinski definition) is 0. The van der Waals surface area contributed by atoms with E-state index in [1.54, 1.807) is 5.57 Å². The van der Waals surface area contributed by atoms with Crippen molar-refractivity contribution in [2.75, 3.05) is 20.6 Å². The first-order valence-electron chi connectivity index (χ1n) is 7.93. The normalized spacial score (nSPS) is 15.5. The molecule has 1 aliphatic carbocycles. The van der Waals surface area contributed by atoms with Crippen LogP contribution in [0, 0.1) is 6.92 Å². The summed E-state index contributed by atoms with van der Waals surface area (Å²) in [6.07, 6.45) is 4.25. The lowest BCUT2D eigenvalue weighted by Gasteiger charge is -2.16. The summed E-state index contributed by atoms with van der Waals surface area (Å²) in [7, 11) is 4.30. The molecule has 3 heteroatoms. The molecule has 116 valence electrons. The average Bonchev–Trinajstić information content (AvgIpc) is 3.07. The maximum absolute atomic E-state index is 4.64. The maximum Gasteiger partial charge on any atom is 0.0999 e. The number of aryl methyl sites for hydroxylation is 1. The van der Waals surface area contributed by atoms with Gasteiger partial charge in [0.25, 0.3) is 0 Å². The van der Waals surface area contributed by atoms with Gasteiger partial charge >= 0.3 is 0 Å². The molecule has 0 amide bonds. The molecule has 2 aromatic rings. The summed E-state index contributed by atoms with van der Waals surface area (Å²) >= 11 is 1.83. The third kappa shape index (κ3) is 3.01. The molecular formula is C19H24N2S. The van der Waals surface area contributed by atoms with E-state index < -0.39 is 0 Å². The van der Waals surface area contributed by atoms with Crippen molar-refractivity contribution in [1.82, 2.24) is 9.88 Å². The zero-order valence-corrected chi connectivity index (χ0v) is 14.7. The van der Waals surface area contributed by atoms with Crippen molar-refractivity contribution >= 4 is 16.9 Å². The smallest absolute Gasteiger partial charge is 0.0999 e. The van der Waals surface area contributed by atoms with Crippen molar-refractivity contribution in [2.45, 2.75) is 32.6 Å². The van der Waals surface area contributed by atoms with Gasteiger partial charge in [-0.1, -0.05) is 36.8 Å². The molecule has 0 N–H and O–H groups in total. The minimum atomic E-state index is 0.388. The average molecular weight is 312 g/mol. The molecule has 0 radical (unpaired) electrons. The molecule has 0 aliphatic heterocycles. The first kappa shape index (κ1) is 15.4. The summed E-state index contributed by atoms with van der Waals surface area (Å²) in [5.41, 5.74) is 6.03. The van der Waals surface area contributed by atoms with E-state index in [4.69, 9.17) is 0 Å². The van der Waals surface area contributed by atoms with Gasteiger partial charge in [-0.05, 0) is 50.6 Å². The fourth-order valence-electron chi connectivity index (χ4n) is 3.27. The number of nitrogens with zero attached hydrogens (tertiary/aromatic N) is 2. The number of allylic oxidation sites excluding steroid dienone is 1. The molecular weight excluding hydrogens is 288 g/mol. The highest BCUT2D eigenvalue weighted by Crippen LogP contribution is 2.43. The highest BCUT2D eigenvalue weighted by Gasteiger charge is 2.27. The molecule has 0 fully saturated rings. The van der Waals surface area contributed by atoms with Crippen LogP contribution >= 0.6 is 11.3 Å². The van der Waals surface area contributed by atoms with Gasteiger partial charge in [0.2, 0.25) is 0 Å². The van der Waals surface area contributed by atoms with Crippen LogP contribution in [0.15, 0.2) is 36.0 Å². The van der Waals surface area contributed by atoms with Gasteiger partial charge in [-0.15, -0.1) is 11.3 Å². The molecule has 1 aliphatic rings. The zero-order chi connectivity index (χ0) is 15.7. The van der Waals surface area contributed by atoms with E-state index in [-0.39, 0.29) is 0 Å². The van der Waals surface area contributed by atoms with Gasteiger partial charge in [0.1, 0.15) is 0 Å². The molecule has 1 aromatic carbocycles. The first-order valence-corrected chi connectivity index (χ1v) is 8.75. The minimum Gasteiger partial charge on any atom is -0.309 e. The van der Waals surface area contributed by atoms with Gasteiger partial charge in [0, 0.05) is 23.5 Å². The number of hydrogen-bond acceptors (Lipinski definition) is 3. The molecule has 0 saturated carbocycles. The first-order chi connectivity index (χ1) is 10.6. The van der Waals surface area contributed by atoms with E-state index in [1.807, 2.05) is 17.5 Å². The Balaban J connectivity index is 1.98. The standard InChI is InChI=1S/C19H24N2S/c1-13-12-20-19(22-13)14(2)18-16(9-10-21(3)4)11-15-7-5-6-8-17(15)18/h5-8,12,14H,9-11H2,1-4H3. The van der Waals surface area contributed by atoms with E-state index >= 15 is 0 Å². The Labute approximate surface area is 137 Å². The van der Waals surface area contributed by atoms with Gasteiger partial charge in [0.05, 0.1) is 5.01 Å². The largest absolute Gasteiger partial charge is 0.309 e. The second-order valence-corrected chi connectivity index (χ2v) is 7.70. The fraction of sp³-hybridized carbons (Fsp3) is 0.421. The number of aromatic nitrogens is 1.